The highest BCUT2D eigenvalue weighted by atomic mass is 79.9. The van der Waals surface area contributed by atoms with Crippen LogP contribution in [0.3, 0.4) is 0 Å². The van der Waals surface area contributed by atoms with Crippen LogP contribution in [0.1, 0.15) is 23.7 Å². The smallest absolute Gasteiger partial charge is 0.251 e. The van der Waals surface area contributed by atoms with Gasteiger partial charge in [-0.2, -0.15) is 0 Å². The molecule has 1 N–H and O–H groups in total. The Morgan fingerprint density at radius 3 is 2.28 bits per heavy atom. The van der Waals surface area contributed by atoms with Crippen LogP contribution in [-0.2, 0) is 0 Å². The molecule has 1 aromatic carbocycles. The summed E-state index contributed by atoms with van der Waals surface area (Å²) in [5.74, 6) is 1.08. The zero-order valence-corrected chi connectivity index (χ0v) is 12.4. The maximum absolute atomic E-state index is 12.0. The highest BCUT2D eigenvalue weighted by Gasteiger charge is 2.12. The molecule has 1 unspecified atom stereocenters. The molecule has 0 heterocycles. The maximum atomic E-state index is 12.0. The van der Waals surface area contributed by atoms with Crippen molar-refractivity contribution < 1.29 is 14.3 Å². The van der Waals surface area contributed by atoms with Gasteiger partial charge in [0.1, 0.15) is 11.5 Å². The summed E-state index contributed by atoms with van der Waals surface area (Å²) in [5.41, 5.74) is 0.535. The molecular formula is C13H18BrNO3. The fraction of sp³-hybridized carbons (Fsp3) is 0.462. The van der Waals surface area contributed by atoms with Gasteiger partial charge in [-0.3, -0.25) is 4.79 Å². The Bertz CT molecular complexity index is 387. The minimum atomic E-state index is -0.124. The van der Waals surface area contributed by atoms with Crippen molar-refractivity contribution in [1.82, 2.24) is 5.32 Å². The van der Waals surface area contributed by atoms with E-state index in [-0.39, 0.29) is 11.9 Å². The first-order valence-electron chi connectivity index (χ1n) is 5.70. The van der Waals surface area contributed by atoms with E-state index in [1.165, 1.54) is 0 Å². The van der Waals surface area contributed by atoms with Gasteiger partial charge in [0.15, 0.2) is 0 Å². The van der Waals surface area contributed by atoms with Crippen molar-refractivity contribution in [2.45, 2.75) is 19.4 Å². The summed E-state index contributed by atoms with van der Waals surface area (Å²) in [7, 11) is 3.12. The summed E-state index contributed by atoms with van der Waals surface area (Å²) in [6, 6.07) is 5.24. The van der Waals surface area contributed by atoms with Gasteiger partial charge in [0.05, 0.1) is 14.2 Å². The van der Waals surface area contributed by atoms with E-state index in [1.54, 1.807) is 32.4 Å². The van der Waals surface area contributed by atoms with E-state index in [9.17, 15) is 4.79 Å². The van der Waals surface area contributed by atoms with Crippen LogP contribution >= 0.6 is 15.9 Å². The van der Waals surface area contributed by atoms with E-state index in [2.05, 4.69) is 21.2 Å². The third-order valence-electron chi connectivity index (χ3n) is 2.53. The Hall–Kier alpha value is -1.23. The van der Waals surface area contributed by atoms with Gasteiger partial charge in [0, 0.05) is 23.0 Å². The summed E-state index contributed by atoms with van der Waals surface area (Å²) >= 11 is 3.35. The van der Waals surface area contributed by atoms with Crippen molar-refractivity contribution in [2.75, 3.05) is 19.5 Å². The zero-order chi connectivity index (χ0) is 13.5. The number of benzene rings is 1. The number of carbonyl (C=O) groups excluding carboxylic acids is 1. The minimum absolute atomic E-state index is 0.120. The monoisotopic (exact) mass is 315 g/mol. The van der Waals surface area contributed by atoms with Crippen molar-refractivity contribution in [3.8, 4) is 11.5 Å². The van der Waals surface area contributed by atoms with E-state index in [0.717, 1.165) is 11.8 Å². The average Bonchev–Trinajstić information content (AvgIpc) is 2.38. The third kappa shape index (κ3) is 4.22. The van der Waals surface area contributed by atoms with Crippen LogP contribution in [0.25, 0.3) is 0 Å². The number of alkyl halides is 1. The lowest BCUT2D eigenvalue weighted by atomic mass is 10.1. The average molecular weight is 316 g/mol. The van der Waals surface area contributed by atoms with Crippen LogP contribution in [0.4, 0.5) is 0 Å². The molecule has 0 spiro atoms. The summed E-state index contributed by atoms with van der Waals surface area (Å²) < 4.78 is 10.3. The Balaban J connectivity index is 2.84. The molecular weight excluding hydrogens is 298 g/mol. The second-order valence-electron chi connectivity index (χ2n) is 3.95. The van der Waals surface area contributed by atoms with E-state index in [0.29, 0.717) is 17.1 Å². The summed E-state index contributed by atoms with van der Waals surface area (Å²) in [5, 5.41) is 3.78. The van der Waals surface area contributed by atoms with Gasteiger partial charge in [0.2, 0.25) is 0 Å². The zero-order valence-electron chi connectivity index (χ0n) is 10.8. The number of halogens is 1. The van der Waals surface area contributed by atoms with Crippen LogP contribution < -0.4 is 14.8 Å². The molecule has 1 rings (SSSR count). The molecule has 1 amide bonds. The lowest BCUT2D eigenvalue weighted by Gasteiger charge is -2.13. The van der Waals surface area contributed by atoms with Crippen molar-refractivity contribution in [1.29, 1.82) is 0 Å². The number of rotatable bonds is 6. The number of methoxy groups -OCH3 is 2. The number of nitrogens with one attached hydrogen (secondary N) is 1. The quantitative estimate of drug-likeness (QED) is 0.821. The minimum Gasteiger partial charge on any atom is -0.497 e. The van der Waals surface area contributed by atoms with E-state index >= 15 is 0 Å². The van der Waals surface area contributed by atoms with Gasteiger partial charge in [0.25, 0.3) is 5.91 Å². The third-order valence-corrected chi connectivity index (χ3v) is 2.99. The number of ether oxygens (including phenoxy) is 2. The number of hydrogen-bond donors (Lipinski definition) is 1. The van der Waals surface area contributed by atoms with Crippen LogP contribution in [-0.4, -0.2) is 31.5 Å². The molecule has 1 aromatic rings. The SMILES string of the molecule is COc1cc(OC)cc(C(=O)NC(C)CCBr)c1. The molecule has 0 saturated carbocycles. The number of hydrogen-bond acceptors (Lipinski definition) is 3. The molecule has 0 saturated heterocycles. The van der Waals surface area contributed by atoms with E-state index < -0.39 is 0 Å². The van der Waals surface area contributed by atoms with Gasteiger partial charge in [-0.1, -0.05) is 15.9 Å². The molecule has 0 fully saturated rings. The second kappa shape index (κ2) is 7.26. The molecule has 0 aliphatic carbocycles. The Morgan fingerprint density at radius 1 is 1.28 bits per heavy atom. The van der Waals surface area contributed by atoms with Gasteiger partial charge >= 0.3 is 0 Å². The van der Waals surface area contributed by atoms with E-state index in [4.69, 9.17) is 9.47 Å². The molecule has 1 atom stereocenters. The molecule has 0 radical (unpaired) electrons. The molecule has 0 aliphatic rings. The molecule has 5 heteroatoms. The maximum Gasteiger partial charge on any atom is 0.251 e. The molecule has 0 bridgehead atoms. The highest BCUT2D eigenvalue weighted by molar-refractivity contribution is 9.09. The molecule has 0 aromatic heterocycles. The number of amides is 1. The largest absolute Gasteiger partial charge is 0.497 e. The first kappa shape index (κ1) is 14.8. The lowest BCUT2D eigenvalue weighted by Crippen LogP contribution is -2.32. The standard InChI is InChI=1S/C13H18BrNO3/c1-9(4-5-14)15-13(16)10-6-11(17-2)8-12(7-10)18-3/h6-9H,4-5H2,1-3H3,(H,15,16). The van der Waals surface area contributed by atoms with Gasteiger partial charge in [-0.15, -0.1) is 0 Å². The number of carbonyl (C=O) groups is 1. The van der Waals surface area contributed by atoms with Crippen LogP contribution in [0.15, 0.2) is 18.2 Å². The van der Waals surface area contributed by atoms with Crippen LogP contribution in [0.5, 0.6) is 11.5 Å². The normalized spacial score (nSPS) is 11.8. The Morgan fingerprint density at radius 2 is 1.83 bits per heavy atom. The van der Waals surface area contributed by atoms with Crippen molar-refractivity contribution in [3.63, 3.8) is 0 Å². The predicted molar refractivity (Wildman–Crippen MR) is 74.9 cm³/mol. The fourth-order valence-electron chi connectivity index (χ4n) is 1.48. The Kier molecular flexibility index (Phi) is 5.98. The van der Waals surface area contributed by atoms with Gasteiger partial charge in [-0.05, 0) is 25.5 Å². The Labute approximate surface area is 116 Å². The molecule has 0 aliphatic heterocycles. The van der Waals surface area contributed by atoms with Gasteiger partial charge < -0.3 is 14.8 Å². The van der Waals surface area contributed by atoms with Gasteiger partial charge in [-0.25, -0.2) is 0 Å². The fourth-order valence-corrected chi connectivity index (χ4v) is 2.17. The molecule has 100 valence electrons. The van der Waals surface area contributed by atoms with Crippen molar-refractivity contribution in [3.05, 3.63) is 23.8 Å². The summed E-state index contributed by atoms with van der Waals surface area (Å²) in [6.07, 6.45) is 0.882. The lowest BCUT2D eigenvalue weighted by molar-refractivity contribution is 0.0939. The van der Waals surface area contributed by atoms with Crippen molar-refractivity contribution in [2.24, 2.45) is 0 Å². The van der Waals surface area contributed by atoms with Crippen LogP contribution in [0.2, 0.25) is 0 Å². The summed E-state index contributed by atoms with van der Waals surface area (Å²) in [6.45, 7) is 1.97. The highest BCUT2D eigenvalue weighted by Crippen LogP contribution is 2.22. The van der Waals surface area contributed by atoms with Crippen LogP contribution in [0, 0.1) is 0 Å². The summed E-state index contributed by atoms with van der Waals surface area (Å²) in [4.78, 5) is 12.0. The first-order valence-corrected chi connectivity index (χ1v) is 6.82. The predicted octanol–water partition coefficient (Wildman–Crippen LogP) is 2.61. The first-order chi connectivity index (χ1) is 8.60. The van der Waals surface area contributed by atoms with E-state index in [1.807, 2.05) is 6.92 Å². The molecule has 4 nitrogen and oxygen atoms in total. The topological polar surface area (TPSA) is 47.6 Å². The molecule has 18 heavy (non-hydrogen) atoms. The second-order valence-corrected chi connectivity index (χ2v) is 4.75. The van der Waals surface area contributed by atoms with Crippen molar-refractivity contribution >= 4 is 21.8 Å².